The molecule has 0 N–H and O–H groups in total. The molecular formula is C13H17Br2ClO2. The minimum atomic E-state index is 0.484. The van der Waals surface area contributed by atoms with E-state index in [9.17, 15) is 0 Å². The number of rotatable bonds is 8. The molecule has 0 aliphatic rings. The van der Waals surface area contributed by atoms with Gasteiger partial charge in [0.25, 0.3) is 0 Å². The van der Waals surface area contributed by atoms with E-state index < -0.39 is 0 Å². The van der Waals surface area contributed by atoms with Crippen molar-refractivity contribution in [2.45, 2.75) is 25.6 Å². The third-order valence-corrected chi connectivity index (χ3v) is 3.82. The molecule has 0 aliphatic heterocycles. The Morgan fingerprint density at radius 2 is 1.78 bits per heavy atom. The Labute approximate surface area is 130 Å². The smallest absolute Gasteiger partial charge is 0.147 e. The van der Waals surface area contributed by atoms with Crippen LogP contribution in [0.5, 0.6) is 5.75 Å². The van der Waals surface area contributed by atoms with E-state index >= 15 is 0 Å². The largest absolute Gasteiger partial charge is 0.489 e. The summed E-state index contributed by atoms with van der Waals surface area (Å²) in [5.41, 5.74) is 1.04. The lowest BCUT2D eigenvalue weighted by Gasteiger charge is -2.11. The van der Waals surface area contributed by atoms with Crippen molar-refractivity contribution in [3.8, 4) is 5.75 Å². The molecule has 0 aliphatic carbocycles. The van der Waals surface area contributed by atoms with E-state index in [4.69, 9.17) is 21.1 Å². The number of alkyl halides is 1. The van der Waals surface area contributed by atoms with Gasteiger partial charge in [0.1, 0.15) is 12.4 Å². The van der Waals surface area contributed by atoms with Crippen LogP contribution >= 0.6 is 43.5 Å². The molecule has 2 nitrogen and oxygen atoms in total. The molecule has 1 aromatic carbocycles. The minimum Gasteiger partial charge on any atom is -0.489 e. The molecule has 0 saturated heterocycles. The van der Waals surface area contributed by atoms with E-state index in [1.165, 1.54) is 0 Å². The Kier molecular flexibility index (Phi) is 8.31. The Hall–Kier alpha value is 0.230. The summed E-state index contributed by atoms with van der Waals surface area (Å²) >= 11 is 12.8. The van der Waals surface area contributed by atoms with Crippen LogP contribution in [0.3, 0.4) is 0 Å². The molecule has 0 radical (unpaired) electrons. The van der Waals surface area contributed by atoms with Gasteiger partial charge >= 0.3 is 0 Å². The van der Waals surface area contributed by atoms with E-state index in [1.54, 1.807) is 0 Å². The van der Waals surface area contributed by atoms with Gasteiger partial charge in [0.15, 0.2) is 0 Å². The van der Waals surface area contributed by atoms with Crippen molar-refractivity contribution in [2.75, 3.05) is 19.8 Å². The fraction of sp³-hybridized carbons (Fsp3) is 0.538. The van der Waals surface area contributed by atoms with Crippen molar-refractivity contribution in [3.63, 3.8) is 0 Å². The van der Waals surface area contributed by atoms with Crippen LogP contribution in [0.25, 0.3) is 0 Å². The van der Waals surface area contributed by atoms with Gasteiger partial charge in [0, 0.05) is 12.5 Å². The summed E-state index contributed by atoms with van der Waals surface area (Å²) in [6.07, 6.45) is 2.25. The summed E-state index contributed by atoms with van der Waals surface area (Å²) in [7, 11) is 0. The van der Waals surface area contributed by atoms with E-state index in [0.29, 0.717) is 19.1 Å². The van der Waals surface area contributed by atoms with Gasteiger partial charge in [-0.15, -0.1) is 11.6 Å². The highest BCUT2D eigenvalue weighted by atomic mass is 79.9. The molecule has 0 fully saturated rings. The van der Waals surface area contributed by atoms with Crippen molar-refractivity contribution in [2.24, 2.45) is 0 Å². The van der Waals surface area contributed by atoms with Crippen molar-refractivity contribution in [1.29, 1.82) is 0 Å². The molecule has 0 unspecified atom stereocenters. The van der Waals surface area contributed by atoms with Crippen LogP contribution in [0.4, 0.5) is 0 Å². The second-order valence-corrected chi connectivity index (χ2v) is 5.81. The second-order valence-electron chi connectivity index (χ2n) is 3.84. The number of ether oxygens (including phenoxy) is 2. The Morgan fingerprint density at radius 1 is 1.11 bits per heavy atom. The zero-order valence-electron chi connectivity index (χ0n) is 10.3. The third-order valence-electron chi connectivity index (χ3n) is 2.33. The number of hydrogen-bond donors (Lipinski definition) is 0. The molecule has 0 atom stereocenters. The normalized spacial score (nSPS) is 10.7. The molecule has 0 spiro atoms. The second kappa shape index (κ2) is 9.18. The Bertz CT molecular complexity index is 349. The quantitative estimate of drug-likeness (QED) is 0.444. The first-order valence-electron chi connectivity index (χ1n) is 5.93. The van der Waals surface area contributed by atoms with Crippen LogP contribution in [0, 0.1) is 0 Å². The van der Waals surface area contributed by atoms with Crippen LogP contribution in [0.1, 0.15) is 25.3 Å². The van der Waals surface area contributed by atoms with Crippen LogP contribution in [-0.2, 0) is 10.6 Å². The maximum atomic E-state index is 5.80. The van der Waals surface area contributed by atoms with Gasteiger partial charge in [-0.3, -0.25) is 0 Å². The molecule has 102 valence electrons. The van der Waals surface area contributed by atoms with Crippen LogP contribution in [-0.4, -0.2) is 19.8 Å². The van der Waals surface area contributed by atoms with Crippen molar-refractivity contribution in [3.05, 3.63) is 26.6 Å². The van der Waals surface area contributed by atoms with Gasteiger partial charge in [-0.05, 0) is 56.0 Å². The number of benzene rings is 1. The lowest BCUT2D eigenvalue weighted by atomic mass is 10.2. The molecule has 0 heterocycles. The predicted molar refractivity (Wildman–Crippen MR) is 82.6 cm³/mol. The average Bonchev–Trinajstić information content (AvgIpc) is 2.35. The Balaban J connectivity index is 2.42. The number of unbranched alkanes of at least 4 members (excludes halogenated alkanes) is 1. The summed E-state index contributed by atoms with van der Waals surface area (Å²) < 4.78 is 12.9. The molecule has 0 saturated carbocycles. The van der Waals surface area contributed by atoms with Gasteiger partial charge in [0.05, 0.1) is 15.6 Å². The Morgan fingerprint density at radius 3 is 2.33 bits per heavy atom. The molecular weight excluding hydrogens is 383 g/mol. The van der Waals surface area contributed by atoms with Crippen molar-refractivity contribution >= 4 is 43.5 Å². The van der Waals surface area contributed by atoms with E-state index in [0.717, 1.165) is 39.7 Å². The molecule has 1 aromatic rings. The van der Waals surface area contributed by atoms with Crippen LogP contribution in [0.2, 0.25) is 0 Å². The first-order chi connectivity index (χ1) is 8.69. The molecule has 0 amide bonds. The predicted octanol–water partition coefficient (Wildman–Crippen LogP) is 5.15. The fourth-order valence-electron chi connectivity index (χ4n) is 1.38. The summed E-state index contributed by atoms with van der Waals surface area (Å²) in [4.78, 5) is 0. The fourth-order valence-corrected chi connectivity index (χ4v) is 3.04. The average molecular weight is 401 g/mol. The van der Waals surface area contributed by atoms with E-state index in [-0.39, 0.29) is 0 Å². The van der Waals surface area contributed by atoms with Crippen molar-refractivity contribution in [1.82, 2.24) is 0 Å². The zero-order chi connectivity index (χ0) is 13.4. The molecule has 0 aromatic heterocycles. The number of hydrogen-bond acceptors (Lipinski definition) is 2. The SMILES string of the molecule is CCCCOCCOc1c(Br)cc(CCl)cc1Br. The summed E-state index contributed by atoms with van der Waals surface area (Å²) in [6.45, 7) is 4.09. The summed E-state index contributed by atoms with van der Waals surface area (Å²) in [6, 6.07) is 3.93. The van der Waals surface area contributed by atoms with Crippen LogP contribution in [0.15, 0.2) is 21.1 Å². The van der Waals surface area contributed by atoms with Crippen LogP contribution < -0.4 is 4.74 Å². The zero-order valence-corrected chi connectivity index (χ0v) is 14.3. The molecule has 1 rings (SSSR count). The van der Waals surface area contributed by atoms with Gasteiger partial charge in [-0.25, -0.2) is 0 Å². The molecule has 18 heavy (non-hydrogen) atoms. The van der Waals surface area contributed by atoms with Gasteiger partial charge in [0.2, 0.25) is 0 Å². The van der Waals surface area contributed by atoms with E-state index in [1.807, 2.05) is 12.1 Å². The maximum absolute atomic E-state index is 5.80. The minimum absolute atomic E-state index is 0.484. The van der Waals surface area contributed by atoms with Crippen molar-refractivity contribution < 1.29 is 9.47 Å². The summed E-state index contributed by atoms with van der Waals surface area (Å²) in [5, 5.41) is 0. The highest BCUT2D eigenvalue weighted by Gasteiger charge is 2.08. The van der Waals surface area contributed by atoms with E-state index in [2.05, 4.69) is 38.8 Å². The maximum Gasteiger partial charge on any atom is 0.147 e. The van der Waals surface area contributed by atoms with Gasteiger partial charge in [-0.1, -0.05) is 13.3 Å². The van der Waals surface area contributed by atoms with Gasteiger partial charge in [-0.2, -0.15) is 0 Å². The monoisotopic (exact) mass is 398 g/mol. The molecule has 0 bridgehead atoms. The third kappa shape index (κ3) is 5.47. The standard InChI is InChI=1S/C13H17Br2ClO2/c1-2-3-4-17-5-6-18-13-11(14)7-10(9-16)8-12(13)15/h7-8H,2-6,9H2,1H3. The first kappa shape index (κ1) is 16.3. The highest BCUT2D eigenvalue weighted by molar-refractivity contribution is 9.11. The van der Waals surface area contributed by atoms with Gasteiger partial charge < -0.3 is 9.47 Å². The number of halogens is 3. The first-order valence-corrected chi connectivity index (χ1v) is 8.05. The lowest BCUT2D eigenvalue weighted by Crippen LogP contribution is -2.08. The molecule has 5 heteroatoms. The topological polar surface area (TPSA) is 18.5 Å². The summed E-state index contributed by atoms with van der Waals surface area (Å²) in [5.74, 6) is 1.28. The lowest BCUT2D eigenvalue weighted by molar-refractivity contribution is 0.0975. The highest BCUT2D eigenvalue weighted by Crippen LogP contribution is 2.35.